The van der Waals surface area contributed by atoms with E-state index in [2.05, 4.69) is 6.08 Å². The number of ether oxygens (including phenoxy) is 1. The number of nitrogens with zero attached hydrogens (tertiary/aromatic N) is 1. The summed E-state index contributed by atoms with van der Waals surface area (Å²) in [5.74, 6) is 0.991. The van der Waals surface area contributed by atoms with Gasteiger partial charge in [-0.1, -0.05) is 24.3 Å². The third-order valence-corrected chi connectivity index (χ3v) is 1.55. The maximum Gasteiger partial charge on any atom is 0.152 e. The highest BCUT2D eigenvalue weighted by Gasteiger charge is 2.01. The first kappa shape index (κ1) is 9.25. The van der Waals surface area contributed by atoms with Gasteiger partial charge in [0.15, 0.2) is 5.34 Å². The molecule has 2 rings (SSSR count). The van der Waals surface area contributed by atoms with Crippen molar-refractivity contribution in [3.05, 3.63) is 40.8 Å². The van der Waals surface area contributed by atoms with Gasteiger partial charge in [0.25, 0.3) is 0 Å². The van der Waals surface area contributed by atoms with Crippen LogP contribution in [-0.4, -0.2) is 11.8 Å². The van der Waals surface area contributed by atoms with Crippen LogP contribution in [0.25, 0.3) is 6.08 Å². The molecule has 1 heterocycles. The zero-order chi connectivity index (χ0) is 9.52. The molecule has 0 spiro atoms. The molecule has 1 N–H and O–H groups in total. The van der Waals surface area contributed by atoms with Crippen molar-refractivity contribution in [2.75, 3.05) is 6.61 Å². The van der Waals surface area contributed by atoms with Crippen molar-refractivity contribution in [3.63, 3.8) is 0 Å². The Labute approximate surface area is 75.4 Å². The average molecular weight is 179 g/mol. The highest BCUT2D eigenvalue weighted by Crippen LogP contribution is 2.21. The van der Waals surface area contributed by atoms with Gasteiger partial charge >= 0.3 is 0 Å². The second-order valence-corrected chi connectivity index (χ2v) is 2.33. The van der Waals surface area contributed by atoms with E-state index >= 15 is 0 Å². The Hall–Kier alpha value is -1.84. The van der Waals surface area contributed by atoms with Crippen LogP contribution in [-0.2, 0) is 0 Å². The summed E-state index contributed by atoms with van der Waals surface area (Å²) in [6.45, 7) is 0.705. The number of benzene rings is 1. The molecule has 0 radical (unpaired) electrons. The van der Waals surface area contributed by atoms with Crippen molar-refractivity contribution in [1.82, 2.24) is 0 Å². The lowest BCUT2D eigenvalue weighted by Gasteiger charge is -2.10. The lowest BCUT2D eigenvalue weighted by molar-refractivity contribution is 0.312. The van der Waals surface area contributed by atoms with Crippen molar-refractivity contribution < 1.29 is 9.94 Å². The molecule has 4 nitrogen and oxygen atoms in total. The Morgan fingerprint density at radius 1 is 1.38 bits per heavy atom. The summed E-state index contributed by atoms with van der Waals surface area (Å²) in [6, 6.07) is 8.03. The van der Waals surface area contributed by atoms with Crippen LogP contribution in [0.5, 0.6) is 5.75 Å². The van der Waals surface area contributed by atoms with Crippen LogP contribution in [0.1, 0.15) is 5.56 Å². The Balaban J connectivity index is 0.000000251. The largest absolute Gasteiger partial charge is 0.489 e. The molecule has 0 bridgehead atoms. The fourth-order valence-electron chi connectivity index (χ4n) is 1.06. The number of fused-ring (bicyclic) bond motifs is 1. The van der Waals surface area contributed by atoms with Gasteiger partial charge < -0.3 is 9.94 Å². The molecular weight excluding hydrogens is 170 g/mol. The van der Waals surface area contributed by atoms with E-state index in [-0.39, 0.29) is 0 Å². The predicted octanol–water partition coefficient (Wildman–Crippen LogP) is 2.23. The highest BCUT2D eigenvalue weighted by atomic mass is 16.6. The highest BCUT2D eigenvalue weighted by molar-refractivity contribution is 5.58. The summed E-state index contributed by atoms with van der Waals surface area (Å²) in [7, 11) is 0. The van der Waals surface area contributed by atoms with Crippen LogP contribution in [0.4, 0.5) is 0 Å². The third-order valence-electron chi connectivity index (χ3n) is 1.55. The molecule has 1 aliphatic heterocycles. The fourth-order valence-corrected chi connectivity index (χ4v) is 1.06. The Kier molecular flexibility index (Phi) is 3.50. The lowest BCUT2D eigenvalue weighted by Crippen LogP contribution is -1.98. The first-order chi connectivity index (χ1) is 6.38. The molecule has 1 aromatic carbocycles. The molecular formula is C9H9NO3. The first-order valence-corrected chi connectivity index (χ1v) is 3.73. The minimum atomic E-state index is 0.705. The van der Waals surface area contributed by atoms with E-state index in [1.54, 1.807) is 0 Å². The summed E-state index contributed by atoms with van der Waals surface area (Å²) in [5, 5.41) is 7.89. The summed E-state index contributed by atoms with van der Waals surface area (Å²) >= 11 is 0. The molecule has 1 aromatic rings. The van der Waals surface area contributed by atoms with Gasteiger partial charge in [0.05, 0.1) is 0 Å². The second-order valence-electron chi connectivity index (χ2n) is 2.33. The van der Waals surface area contributed by atoms with E-state index in [1.165, 1.54) is 10.9 Å². The van der Waals surface area contributed by atoms with Crippen molar-refractivity contribution >= 4 is 6.08 Å². The third kappa shape index (κ3) is 2.59. The van der Waals surface area contributed by atoms with Crippen LogP contribution in [0.3, 0.4) is 0 Å². The minimum Gasteiger partial charge on any atom is -0.489 e. The quantitative estimate of drug-likeness (QED) is 0.490. The molecule has 4 heteroatoms. The molecule has 0 aliphatic carbocycles. The zero-order valence-corrected chi connectivity index (χ0v) is 6.88. The number of para-hydroxylation sites is 1. The van der Waals surface area contributed by atoms with E-state index in [0.29, 0.717) is 6.61 Å². The van der Waals surface area contributed by atoms with E-state index in [9.17, 15) is 0 Å². The van der Waals surface area contributed by atoms with E-state index in [0.717, 1.165) is 5.75 Å². The fraction of sp³-hybridized carbons (Fsp3) is 0.111. The smallest absolute Gasteiger partial charge is 0.152 e. The molecule has 1 aliphatic rings. The van der Waals surface area contributed by atoms with Gasteiger partial charge in [-0.3, -0.25) is 0 Å². The normalized spacial score (nSPS) is 11.7. The standard InChI is InChI=1S/C9H8O.HNO2/c1-2-6-9-8(4-1)5-3-7-10-9;2-1-3/h1-6H,7H2;(H,2,3). The van der Waals surface area contributed by atoms with Crippen molar-refractivity contribution in [1.29, 1.82) is 0 Å². The van der Waals surface area contributed by atoms with Crippen LogP contribution in [0, 0.1) is 4.91 Å². The predicted molar refractivity (Wildman–Crippen MR) is 48.6 cm³/mol. The Bertz CT molecular complexity index is 309. The van der Waals surface area contributed by atoms with E-state index < -0.39 is 0 Å². The van der Waals surface area contributed by atoms with Gasteiger partial charge in [-0.05, 0) is 12.1 Å². The second kappa shape index (κ2) is 4.92. The van der Waals surface area contributed by atoms with Crippen molar-refractivity contribution in [2.24, 2.45) is 5.34 Å². The summed E-state index contributed by atoms with van der Waals surface area (Å²) in [5.41, 5.74) is 1.17. The van der Waals surface area contributed by atoms with Gasteiger partial charge in [0.2, 0.25) is 0 Å². The SMILES string of the molecule is C1=Cc2ccccc2OC1.O=NO. The van der Waals surface area contributed by atoms with Gasteiger partial charge in [0.1, 0.15) is 12.4 Å². The number of hydrogen-bond donors (Lipinski definition) is 1. The molecule has 0 aromatic heterocycles. The summed E-state index contributed by atoms with van der Waals surface area (Å²) in [6.07, 6.45) is 4.10. The Morgan fingerprint density at radius 2 is 2.08 bits per heavy atom. The minimum absolute atomic E-state index is 0.705. The zero-order valence-electron chi connectivity index (χ0n) is 6.88. The summed E-state index contributed by atoms with van der Waals surface area (Å²) in [4.78, 5) is 8.11. The molecule has 0 saturated carbocycles. The van der Waals surface area contributed by atoms with E-state index in [4.69, 9.17) is 14.9 Å². The van der Waals surface area contributed by atoms with Crippen LogP contribution in [0.15, 0.2) is 35.7 Å². The van der Waals surface area contributed by atoms with Crippen molar-refractivity contribution in [2.45, 2.75) is 0 Å². The lowest BCUT2D eigenvalue weighted by atomic mass is 10.1. The van der Waals surface area contributed by atoms with Crippen LogP contribution >= 0.6 is 0 Å². The molecule has 68 valence electrons. The van der Waals surface area contributed by atoms with Crippen LogP contribution in [0.2, 0.25) is 0 Å². The van der Waals surface area contributed by atoms with Crippen LogP contribution < -0.4 is 4.74 Å². The Morgan fingerprint density at radius 3 is 2.77 bits per heavy atom. The monoisotopic (exact) mass is 179 g/mol. The van der Waals surface area contributed by atoms with E-state index in [1.807, 2.05) is 30.3 Å². The van der Waals surface area contributed by atoms with Gasteiger partial charge in [-0.15, -0.1) is 4.91 Å². The number of rotatable bonds is 0. The van der Waals surface area contributed by atoms with Gasteiger partial charge in [-0.25, -0.2) is 0 Å². The average Bonchev–Trinajstić information content (AvgIpc) is 2.19. The van der Waals surface area contributed by atoms with Gasteiger partial charge in [-0.2, -0.15) is 0 Å². The molecule has 0 saturated heterocycles. The number of hydrogen-bond acceptors (Lipinski definition) is 3. The maximum absolute atomic E-state index is 8.11. The molecule has 0 fully saturated rings. The van der Waals surface area contributed by atoms with Gasteiger partial charge in [0, 0.05) is 5.56 Å². The topological polar surface area (TPSA) is 58.9 Å². The maximum atomic E-state index is 8.11. The molecule has 0 unspecified atom stereocenters. The summed E-state index contributed by atoms with van der Waals surface area (Å²) < 4.78 is 5.34. The first-order valence-electron chi connectivity index (χ1n) is 3.73. The molecule has 0 atom stereocenters. The molecule has 0 amide bonds. The molecule has 13 heavy (non-hydrogen) atoms. The van der Waals surface area contributed by atoms with Crippen molar-refractivity contribution in [3.8, 4) is 5.75 Å².